The van der Waals surface area contributed by atoms with Gasteiger partial charge in [0.2, 0.25) is 6.71 Å². The Morgan fingerprint density at radius 3 is 1.20 bits per heavy atom. The summed E-state index contributed by atoms with van der Waals surface area (Å²) in [7, 11) is 0. The van der Waals surface area contributed by atoms with Crippen molar-refractivity contribution in [2.45, 2.75) is 0 Å². The maximum absolute atomic E-state index is 6.79. The molecule has 13 aromatic rings. The molecule has 55 heavy (non-hydrogen) atoms. The zero-order chi connectivity index (χ0) is 35.3. The summed E-state index contributed by atoms with van der Waals surface area (Å²) < 4.78 is 27.0. The first-order valence-corrected chi connectivity index (χ1v) is 18.9. The molecule has 250 valence electrons. The van der Waals surface area contributed by atoms with E-state index in [9.17, 15) is 0 Å². The molecule has 2 aliphatic heterocycles. The lowest BCUT2D eigenvalue weighted by molar-refractivity contribution is 0.667. The van der Waals surface area contributed by atoms with Gasteiger partial charge in [0.25, 0.3) is 0 Å². The van der Waals surface area contributed by atoms with Crippen LogP contribution in [0.3, 0.4) is 0 Å². The molecule has 0 amide bonds. The molecule has 9 aromatic carbocycles. The van der Waals surface area contributed by atoms with Gasteiger partial charge in [-0.3, -0.25) is 0 Å². The molecule has 0 aliphatic carbocycles. The molecule has 0 unspecified atom stereocenters. The second-order valence-electron chi connectivity index (χ2n) is 15.4. The molecule has 0 atom stereocenters. The summed E-state index contributed by atoms with van der Waals surface area (Å²) >= 11 is 0. The maximum atomic E-state index is 6.79. The Hall–Kier alpha value is -7.24. The van der Waals surface area contributed by atoms with Crippen LogP contribution in [0.5, 0.6) is 0 Å². The lowest BCUT2D eigenvalue weighted by Gasteiger charge is -2.34. The predicted octanol–water partition coefficient (Wildman–Crippen LogP) is 12.1. The monoisotopic (exact) mass is 698 g/mol. The van der Waals surface area contributed by atoms with E-state index >= 15 is 0 Å². The summed E-state index contributed by atoms with van der Waals surface area (Å²) in [6, 6.07) is 49.9. The van der Waals surface area contributed by atoms with Crippen LogP contribution in [0.2, 0.25) is 0 Å². The molecular weight excluding hydrogens is 675 g/mol. The lowest BCUT2D eigenvalue weighted by Crippen LogP contribution is -2.57. The molecule has 5 heteroatoms. The Morgan fingerprint density at radius 2 is 0.727 bits per heavy atom. The number of rotatable bonds is 0. The zero-order valence-electron chi connectivity index (χ0n) is 29.0. The van der Waals surface area contributed by atoms with E-state index in [1.165, 1.54) is 49.4 Å². The molecule has 0 fully saturated rings. The zero-order valence-corrected chi connectivity index (χ0v) is 29.0. The van der Waals surface area contributed by atoms with E-state index in [0.29, 0.717) is 0 Å². The predicted molar refractivity (Wildman–Crippen MR) is 226 cm³/mol. The van der Waals surface area contributed by atoms with Gasteiger partial charge in [0, 0.05) is 65.0 Å². The van der Waals surface area contributed by atoms with E-state index in [1.807, 2.05) is 0 Å². The number of hydrogen-bond donors (Lipinski definition) is 0. The van der Waals surface area contributed by atoms with Crippen molar-refractivity contribution in [3.63, 3.8) is 0 Å². The highest BCUT2D eigenvalue weighted by Crippen LogP contribution is 2.50. The molecule has 0 radical (unpaired) electrons. The molecule has 0 bridgehead atoms. The Morgan fingerprint density at radius 1 is 0.309 bits per heavy atom. The summed E-state index contributed by atoms with van der Waals surface area (Å²) in [5.41, 5.74) is 15.8. The van der Waals surface area contributed by atoms with Crippen molar-refractivity contribution in [2.24, 2.45) is 0 Å². The van der Waals surface area contributed by atoms with Gasteiger partial charge in [0.05, 0.1) is 0 Å². The van der Waals surface area contributed by atoms with Gasteiger partial charge in [-0.1, -0.05) is 120 Å². The summed E-state index contributed by atoms with van der Waals surface area (Å²) in [5, 5.41) is 13.6. The van der Waals surface area contributed by atoms with Crippen LogP contribution in [0.4, 0.5) is 0 Å². The number of hydrogen-bond acceptors (Lipinski definition) is 4. The summed E-state index contributed by atoms with van der Waals surface area (Å²) in [6.45, 7) is -0.0569. The molecule has 15 rings (SSSR count). The largest absolute Gasteiger partial charge is 0.456 e. The minimum Gasteiger partial charge on any atom is -0.456 e. The van der Waals surface area contributed by atoms with Crippen molar-refractivity contribution in [3.8, 4) is 22.3 Å². The molecule has 0 N–H and O–H groups in total. The molecule has 0 spiro atoms. The van der Waals surface area contributed by atoms with Crippen LogP contribution < -0.4 is 16.4 Å². The third-order valence-electron chi connectivity index (χ3n) is 12.8. The maximum Gasteiger partial charge on any atom is 0.244 e. The average molecular weight is 699 g/mol. The number of para-hydroxylation sites is 4. The molecular formula is C50H23BO4. The second-order valence-corrected chi connectivity index (χ2v) is 15.4. The Balaban J connectivity index is 1.24. The summed E-state index contributed by atoms with van der Waals surface area (Å²) in [5.74, 6) is 0. The van der Waals surface area contributed by atoms with E-state index in [1.54, 1.807) is 0 Å². The minimum atomic E-state index is -0.0569. The lowest BCUT2D eigenvalue weighted by atomic mass is 9.31. The van der Waals surface area contributed by atoms with Crippen LogP contribution in [-0.4, -0.2) is 6.71 Å². The van der Waals surface area contributed by atoms with Crippen LogP contribution in [0.15, 0.2) is 157 Å². The summed E-state index contributed by atoms with van der Waals surface area (Å²) in [6.07, 6.45) is 0. The van der Waals surface area contributed by atoms with Crippen LogP contribution in [-0.2, 0) is 0 Å². The molecule has 6 heterocycles. The van der Waals surface area contributed by atoms with Crippen LogP contribution in [0, 0.1) is 0 Å². The van der Waals surface area contributed by atoms with Crippen LogP contribution >= 0.6 is 0 Å². The van der Waals surface area contributed by atoms with Crippen LogP contribution in [0.1, 0.15) is 0 Å². The van der Waals surface area contributed by atoms with Crippen molar-refractivity contribution in [2.75, 3.05) is 0 Å². The summed E-state index contributed by atoms with van der Waals surface area (Å²) in [4.78, 5) is 0. The highest BCUT2D eigenvalue weighted by Gasteiger charge is 2.42. The fourth-order valence-corrected chi connectivity index (χ4v) is 10.8. The molecule has 4 aromatic heterocycles. The van der Waals surface area contributed by atoms with Gasteiger partial charge < -0.3 is 17.7 Å². The van der Waals surface area contributed by atoms with E-state index in [2.05, 4.69) is 140 Å². The van der Waals surface area contributed by atoms with Gasteiger partial charge in [-0.05, 0) is 58.3 Å². The fraction of sp³-hybridized carbons (Fsp3) is 0. The highest BCUT2D eigenvalue weighted by atomic mass is 16.3. The number of fused-ring (bicyclic) bond motifs is 20. The highest BCUT2D eigenvalue weighted by molar-refractivity contribution is 7.02. The molecule has 0 saturated carbocycles. The van der Waals surface area contributed by atoms with Gasteiger partial charge in [0.1, 0.15) is 44.7 Å². The molecule has 4 nitrogen and oxygen atoms in total. The first kappa shape index (κ1) is 27.4. The normalized spacial score (nSPS) is 13.4. The smallest absolute Gasteiger partial charge is 0.244 e. The molecule has 2 aliphatic rings. The van der Waals surface area contributed by atoms with E-state index in [4.69, 9.17) is 17.7 Å². The standard InChI is InChI=1S/C50H23BO4/c1-5-16-36-24(10-1)30-20-34-42-32(49(30)54-36)22-40-44(26-12-3-7-18-38(26)52-40)46(42)28-14-9-15-29-47-43-33(23-41-45(47)27-13-4-8-19-39(27)53-41)50-31(21-35(43)51(34)48(28)29)25-11-2-6-17-37(25)55-50/h1-23H. The van der Waals surface area contributed by atoms with Crippen molar-refractivity contribution < 1.29 is 17.7 Å². The van der Waals surface area contributed by atoms with Crippen molar-refractivity contribution in [1.82, 2.24) is 0 Å². The van der Waals surface area contributed by atoms with Gasteiger partial charge in [-0.2, -0.15) is 0 Å². The van der Waals surface area contributed by atoms with E-state index < -0.39 is 0 Å². The Kier molecular flexibility index (Phi) is 4.53. The first-order valence-electron chi connectivity index (χ1n) is 18.9. The van der Waals surface area contributed by atoms with Crippen molar-refractivity contribution in [1.29, 1.82) is 0 Å². The van der Waals surface area contributed by atoms with E-state index in [-0.39, 0.29) is 6.71 Å². The van der Waals surface area contributed by atoms with Gasteiger partial charge in [-0.15, -0.1) is 0 Å². The van der Waals surface area contributed by atoms with Gasteiger partial charge in [-0.25, -0.2) is 0 Å². The third-order valence-corrected chi connectivity index (χ3v) is 12.8. The number of benzene rings is 9. The van der Waals surface area contributed by atoms with Crippen molar-refractivity contribution >= 4 is 132 Å². The Bertz CT molecular complexity index is 3710. The van der Waals surface area contributed by atoms with Crippen LogP contribution in [0.25, 0.3) is 132 Å². The second kappa shape index (κ2) is 9.10. The topological polar surface area (TPSA) is 52.6 Å². The van der Waals surface area contributed by atoms with E-state index in [0.717, 1.165) is 98.5 Å². The fourth-order valence-electron chi connectivity index (χ4n) is 10.8. The van der Waals surface area contributed by atoms with Gasteiger partial charge >= 0.3 is 0 Å². The average Bonchev–Trinajstić information content (AvgIpc) is 4.00. The SMILES string of the molecule is c1cc2c3c(c1)-c1c4c(cc5c6ccccc6oc5c4cc4oc5ccccc5c14)B3c1cc3c4ccccc4oc3c3cc4oc5ccccc5c4c-2c13. The first-order chi connectivity index (χ1) is 27.3. The third kappa shape index (κ3) is 3.07. The molecule has 0 saturated heterocycles. The number of furan rings is 4. The van der Waals surface area contributed by atoms with Gasteiger partial charge in [0.15, 0.2) is 0 Å². The quantitative estimate of drug-likeness (QED) is 0.148. The minimum absolute atomic E-state index is 0.0569. The van der Waals surface area contributed by atoms with Crippen molar-refractivity contribution in [3.05, 3.63) is 140 Å². The Labute approximate surface area is 310 Å².